The molecule has 1 fully saturated rings. The van der Waals surface area contributed by atoms with Crippen LogP contribution in [-0.4, -0.2) is 33.7 Å². The van der Waals surface area contributed by atoms with Gasteiger partial charge in [0.25, 0.3) is 0 Å². The first-order valence-corrected chi connectivity index (χ1v) is 7.04. The van der Waals surface area contributed by atoms with E-state index in [-0.39, 0.29) is 17.5 Å². The molecule has 1 heterocycles. The average molecular weight is 264 g/mol. The predicted octanol–water partition coefficient (Wildman–Crippen LogP) is 2.36. The van der Waals surface area contributed by atoms with E-state index in [0.717, 1.165) is 5.56 Å². The minimum Gasteiger partial charge on any atom is -0.508 e. The lowest BCUT2D eigenvalue weighted by atomic mass is 9.92. The number of nitrogens with zero attached hydrogens (tertiary/aromatic N) is 1. The summed E-state index contributed by atoms with van der Waals surface area (Å²) in [6, 6.07) is 5.70. The summed E-state index contributed by atoms with van der Waals surface area (Å²) in [5.41, 5.74) is 6.76. The van der Waals surface area contributed by atoms with E-state index in [1.165, 1.54) is 25.3 Å². The molecular weight excluding hydrogens is 240 g/mol. The zero-order valence-electron chi connectivity index (χ0n) is 11.7. The highest BCUT2D eigenvalue weighted by Crippen LogP contribution is 2.36. The number of piperidine rings is 1. The Morgan fingerprint density at radius 1 is 1.26 bits per heavy atom. The molecule has 1 aliphatic heterocycles. The highest BCUT2D eigenvalue weighted by atomic mass is 16.3. The van der Waals surface area contributed by atoms with Crippen LogP contribution in [0.2, 0.25) is 0 Å². The number of hydrogen-bond donors (Lipinski definition) is 3. The Morgan fingerprint density at radius 2 is 1.89 bits per heavy atom. The van der Waals surface area contributed by atoms with E-state index in [2.05, 4.69) is 18.7 Å². The number of phenolic OH excluding ortho intramolecular Hbond substituents is 2. The quantitative estimate of drug-likeness (QED) is 0.784. The zero-order valence-corrected chi connectivity index (χ0v) is 11.7. The third-order valence-corrected chi connectivity index (χ3v) is 4.22. The van der Waals surface area contributed by atoms with Crippen LogP contribution < -0.4 is 5.73 Å². The number of aromatic hydroxyl groups is 2. The van der Waals surface area contributed by atoms with Crippen molar-refractivity contribution in [2.24, 2.45) is 5.73 Å². The number of benzene rings is 1. The van der Waals surface area contributed by atoms with Crippen molar-refractivity contribution in [3.05, 3.63) is 23.8 Å². The molecule has 0 amide bonds. The van der Waals surface area contributed by atoms with Gasteiger partial charge in [-0.1, -0.05) is 12.5 Å². The fourth-order valence-corrected chi connectivity index (χ4v) is 3.28. The molecule has 0 spiro atoms. The molecule has 2 rings (SSSR count). The molecule has 1 aromatic rings. The molecule has 0 aliphatic carbocycles. The van der Waals surface area contributed by atoms with Crippen molar-refractivity contribution < 1.29 is 10.2 Å². The Kier molecular flexibility index (Phi) is 4.32. The van der Waals surface area contributed by atoms with Gasteiger partial charge in [0.2, 0.25) is 0 Å². The monoisotopic (exact) mass is 264 g/mol. The van der Waals surface area contributed by atoms with Crippen molar-refractivity contribution >= 4 is 0 Å². The summed E-state index contributed by atoms with van der Waals surface area (Å²) < 4.78 is 0. The zero-order chi connectivity index (χ0) is 14.0. The van der Waals surface area contributed by atoms with Gasteiger partial charge in [0.05, 0.1) is 6.04 Å². The molecule has 1 aliphatic rings. The third kappa shape index (κ3) is 2.85. The summed E-state index contributed by atoms with van der Waals surface area (Å²) in [6.07, 6.45) is 3.58. The van der Waals surface area contributed by atoms with E-state index in [1.54, 1.807) is 12.1 Å². The van der Waals surface area contributed by atoms with E-state index < -0.39 is 0 Å². The Bertz CT molecular complexity index is 426. The van der Waals surface area contributed by atoms with Crippen LogP contribution in [0.1, 0.15) is 44.7 Å². The SMILES string of the molecule is CC1CCCC(C)N1C(CN)c1ccc(O)cc1O. The highest BCUT2D eigenvalue weighted by Gasteiger charge is 2.32. The Balaban J connectivity index is 2.32. The first kappa shape index (κ1) is 14.2. The second-order valence-electron chi connectivity index (χ2n) is 5.57. The molecule has 3 unspecified atom stereocenters. The van der Waals surface area contributed by atoms with Crippen molar-refractivity contribution in [2.75, 3.05) is 6.54 Å². The number of rotatable bonds is 3. The number of likely N-dealkylation sites (tertiary alicyclic amines) is 1. The summed E-state index contributed by atoms with van der Waals surface area (Å²) in [4.78, 5) is 2.40. The first-order valence-electron chi connectivity index (χ1n) is 7.04. The summed E-state index contributed by atoms with van der Waals surface area (Å²) in [6.45, 7) is 4.90. The minimum absolute atomic E-state index is 0.00546. The van der Waals surface area contributed by atoms with Crippen LogP contribution in [0.5, 0.6) is 11.5 Å². The van der Waals surface area contributed by atoms with Gasteiger partial charge >= 0.3 is 0 Å². The summed E-state index contributed by atoms with van der Waals surface area (Å²) in [7, 11) is 0. The fourth-order valence-electron chi connectivity index (χ4n) is 3.28. The minimum atomic E-state index is 0.00546. The predicted molar refractivity (Wildman–Crippen MR) is 76.2 cm³/mol. The van der Waals surface area contributed by atoms with Gasteiger partial charge in [-0.25, -0.2) is 0 Å². The smallest absolute Gasteiger partial charge is 0.124 e. The van der Waals surface area contributed by atoms with Gasteiger partial charge in [0.1, 0.15) is 11.5 Å². The molecule has 1 aromatic carbocycles. The van der Waals surface area contributed by atoms with Gasteiger partial charge in [-0.05, 0) is 32.8 Å². The molecule has 0 saturated carbocycles. The van der Waals surface area contributed by atoms with Crippen molar-refractivity contribution in [1.82, 2.24) is 4.90 Å². The van der Waals surface area contributed by atoms with Crippen LogP contribution in [-0.2, 0) is 0 Å². The molecule has 19 heavy (non-hydrogen) atoms. The molecule has 4 nitrogen and oxygen atoms in total. The lowest BCUT2D eigenvalue weighted by Crippen LogP contribution is -2.48. The van der Waals surface area contributed by atoms with E-state index >= 15 is 0 Å². The number of phenols is 2. The van der Waals surface area contributed by atoms with Gasteiger partial charge in [0.15, 0.2) is 0 Å². The third-order valence-electron chi connectivity index (χ3n) is 4.22. The van der Waals surface area contributed by atoms with Crippen LogP contribution in [0.3, 0.4) is 0 Å². The number of nitrogens with two attached hydrogens (primary N) is 1. The summed E-state index contributed by atoms with van der Waals surface area (Å²) >= 11 is 0. The molecule has 4 N–H and O–H groups in total. The van der Waals surface area contributed by atoms with E-state index in [1.807, 2.05) is 0 Å². The molecule has 4 heteroatoms. The van der Waals surface area contributed by atoms with Gasteiger partial charge in [-0.2, -0.15) is 0 Å². The maximum atomic E-state index is 10.1. The van der Waals surface area contributed by atoms with Crippen LogP contribution in [0.15, 0.2) is 18.2 Å². The summed E-state index contributed by atoms with van der Waals surface area (Å²) in [5.74, 6) is 0.206. The van der Waals surface area contributed by atoms with E-state index in [9.17, 15) is 10.2 Å². The normalized spacial score (nSPS) is 26.3. The van der Waals surface area contributed by atoms with Crippen molar-refractivity contribution in [3.63, 3.8) is 0 Å². The van der Waals surface area contributed by atoms with Crippen LogP contribution in [0, 0.1) is 0 Å². The Labute approximate surface area is 114 Å². The maximum absolute atomic E-state index is 10.1. The maximum Gasteiger partial charge on any atom is 0.124 e. The second kappa shape index (κ2) is 5.80. The molecule has 0 radical (unpaired) electrons. The molecule has 1 saturated heterocycles. The topological polar surface area (TPSA) is 69.7 Å². The molecular formula is C15H24N2O2. The van der Waals surface area contributed by atoms with E-state index in [0.29, 0.717) is 18.6 Å². The Morgan fingerprint density at radius 3 is 2.42 bits per heavy atom. The van der Waals surface area contributed by atoms with Gasteiger partial charge in [0, 0.05) is 30.3 Å². The molecule has 0 aromatic heterocycles. The van der Waals surface area contributed by atoms with Crippen LogP contribution >= 0.6 is 0 Å². The lowest BCUT2D eigenvalue weighted by molar-refractivity contribution is 0.0567. The van der Waals surface area contributed by atoms with Gasteiger partial charge in [-0.15, -0.1) is 0 Å². The number of hydrogen-bond acceptors (Lipinski definition) is 4. The standard InChI is InChI=1S/C15H24N2O2/c1-10-4-3-5-11(2)17(10)14(9-16)13-7-6-12(18)8-15(13)19/h6-8,10-11,14,18-19H,3-5,9,16H2,1-2H3. The van der Waals surface area contributed by atoms with Crippen molar-refractivity contribution in [2.45, 2.75) is 51.2 Å². The fraction of sp³-hybridized carbons (Fsp3) is 0.600. The van der Waals surface area contributed by atoms with E-state index in [4.69, 9.17) is 5.73 Å². The van der Waals surface area contributed by atoms with Crippen molar-refractivity contribution in [1.29, 1.82) is 0 Å². The van der Waals surface area contributed by atoms with Crippen LogP contribution in [0.25, 0.3) is 0 Å². The molecule has 0 bridgehead atoms. The second-order valence-corrected chi connectivity index (χ2v) is 5.57. The highest BCUT2D eigenvalue weighted by molar-refractivity contribution is 5.41. The average Bonchev–Trinajstić information content (AvgIpc) is 2.35. The molecule has 106 valence electrons. The van der Waals surface area contributed by atoms with Crippen LogP contribution in [0.4, 0.5) is 0 Å². The summed E-state index contributed by atoms with van der Waals surface area (Å²) in [5, 5.41) is 19.5. The van der Waals surface area contributed by atoms with Gasteiger partial charge in [-0.3, -0.25) is 4.90 Å². The Hall–Kier alpha value is -1.26. The van der Waals surface area contributed by atoms with Crippen molar-refractivity contribution in [3.8, 4) is 11.5 Å². The van der Waals surface area contributed by atoms with Gasteiger partial charge < -0.3 is 15.9 Å². The first-order chi connectivity index (χ1) is 9.04. The molecule has 3 atom stereocenters. The lowest BCUT2D eigenvalue weighted by Gasteiger charge is -2.44. The largest absolute Gasteiger partial charge is 0.508 e.